The van der Waals surface area contributed by atoms with Crippen LogP contribution in [0.15, 0.2) is 64.9 Å². The average Bonchev–Trinajstić information content (AvgIpc) is 3.02. The van der Waals surface area contributed by atoms with Gasteiger partial charge in [0.25, 0.3) is 0 Å². The van der Waals surface area contributed by atoms with Crippen molar-refractivity contribution >= 4 is 18.0 Å². The van der Waals surface area contributed by atoms with Gasteiger partial charge in [-0.25, -0.2) is 0 Å². The van der Waals surface area contributed by atoms with Crippen molar-refractivity contribution in [3.63, 3.8) is 0 Å². The van der Waals surface area contributed by atoms with Crippen LogP contribution in [0.1, 0.15) is 11.4 Å². The van der Waals surface area contributed by atoms with E-state index < -0.39 is 0 Å². The lowest BCUT2D eigenvalue weighted by Gasteiger charge is -2.06. The number of hydrogen-bond donors (Lipinski definition) is 1. The first kappa shape index (κ1) is 16.1. The number of hydrogen-bond acceptors (Lipinski definition) is 6. The molecule has 3 aromatic rings. The van der Waals surface area contributed by atoms with Gasteiger partial charge in [0.05, 0.1) is 6.21 Å². The second-order valence-corrected chi connectivity index (χ2v) is 5.63. The molecule has 0 atom stereocenters. The molecule has 0 saturated heterocycles. The zero-order valence-corrected chi connectivity index (χ0v) is 13.8. The zero-order valence-electron chi connectivity index (χ0n) is 13.0. The number of benzene rings is 2. The molecular weight excluding hydrogens is 324 g/mol. The number of aromatic nitrogens is 3. The fraction of sp³-hybridized carbons (Fsp3) is 0.118. The summed E-state index contributed by atoms with van der Waals surface area (Å²) in [5.41, 5.74) is 0.864. The summed E-state index contributed by atoms with van der Waals surface area (Å²) in [6, 6.07) is 16.3. The molecule has 122 valence electrons. The molecule has 2 aromatic carbocycles. The van der Waals surface area contributed by atoms with Gasteiger partial charge >= 0.3 is 0 Å². The van der Waals surface area contributed by atoms with Crippen LogP contribution < -0.4 is 4.74 Å². The Bertz CT molecular complexity index is 816. The minimum absolute atomic E-state index is 0.221. The molecule has 3 rings (SSSR count). The van der Waals surface area contributed by atoms with E-state index in [0.717, 1.165) is 11.3 Å². The van der Waals surface area contributed by atoms with Crippen molar-refractivity contribution in [3.05, 3.63) is 66.0 Å². The lowest BCUT2D eigenvalue weighted by molar-refractivity contribution is 0.290. The smallest absolute Gasteiger partial charge is 0.211 e. The molecule has 6 nitrogen and oxygen atoms in total. The van der Waals surface area contributed by atoms with Crippen LogP contribution in [0.2, 0.25) is 0 Å². The van der Waals surface area contributed by atoms with E-state index in [1.165, 1.54) is 11.8 Å². The van der Waals surface area contributed by atoms with Crippen LogP contribution in [0.3, 0.4) is 0 Å². The van der Waals surface area contributed by atoms with Gasteiger partial charge in [0.2, 0.25) is 5.16 Å². The number of thioether (sulfide) groups is 1. The molecule has 0 aliphatic carbocycles. The van der Waals surface area contributed by atoms with Crippen molar-refractivity contribution < 1.29 is 9.84 Å². The van der Waals surface area contributed by atoms with Gasteiger partial charge in [0, 0.05) is 0 Å². The van der Waals surface area contributed by atoms with Crippen LogP contribution in [0.5, 0.6) is 11.5 Å². The number of aromatic hydroxyl groups is 1. The monoisotopic (exact) mass is 340 g/mol. The average molecular weight is 340 g/mol. The van der Waals surface area contributed by atoms with E-state index in [2.05, 4.69) is 15.3 Å². The standard InChI is InChI=1S/C17H16N4O2S/c1-24-17-20-19-16(12-23-15-5-3-2-4-6-15)21(17)18-11-13-7-9-14(22)10-8-13/h2-11,22H,12H2,1H3/b18-11-. The van der Waals surface area contributed by atoms with E-state index in [1.807, 2.05) is 36.6 Å². The maximum absolute atomic E-state index is 9.32. The van der Waals surface area contributed by atoms with Gasteiger partial charge < -0.3 is 9.84 Å². The van der Waals surface area contributed by atoms with Gasteiger partial charge in [-0.1, -0.05) is 30.0 Å². The molecule has 0 aliphatic heterocycles. The maximum atomic E-state index is 9.32. The maximum Gasteiger partial charge on any atom is 0.211 e. The number of para-hydroxylation sites is 1. The third kappa shape index (κ3) is 3.94. The van der Waals surface area contributed by atoms with Crippen molar-refractivity contribution in [3.8, 4) is 11.5 Å². The normalized spacial score (nSPS) is 11.0. The van der Waals surface area contributed by atoms with Crippen molar-refractivity contribution in [1.29, 1.82) is 0 Å². The van der Waals surface area contributed by atoms with Crippen LogP contribution in [0.4, 0.5) is 0 Å². The van der Waals surface area contributed by atoms with Crippen LogP contribution >= 0.6 is 11.8 Å². The number of phenols is 1. The molecule has 0 amide bonds. The van der Waals surface area contributed by atoms with Gasteiger partial charge in [-0.3, -0.25) is 0 Å². The van der Waals surface area contributed by atoms with Crippen LogP contribution in [-0.4, -0.2) is 32.5 Å². The Balaban J connectivity index is 1.78. The molecular formula is C17H16N4O2S. The summed E-state index contributed by atoms with van der Waals surface area (Å²) in [4.78, 5) is 0. The first-order valence-electron chi connectivity index (χ1n) is 7.26. The molecule has 0 bridgehead atoms. The summed E-state index contributed by atoms with van der Waals surface area (Å²) in [5, 5.41) is 22.7. The number of ether oxygens (including phenoxy) is 1. The highest BCUT2D eigenvalue weighted by molar-refractivity contribution is 7.98. The fourth-order valence-corrected chi connectivity index (χ4v) is 2.43. The van der Waals surface area contributed by atoms with Gasteiger partial charge in [0.1, 0.15) is 18.1 Å². The Morgan fingerprint density at radius 2 is 1.88 bits per heavy atom. The van der Waals surface area contributed by atoms with Crippen molar-refractivity contribution in [1.82, 2.24) is 14.9 Å². The highest BCUT2D eigenvalue weighted by Gasteiger charge is 2.11. The van der Waals surface area contributed by atoms with Gasteiger partial charge in [-0.15, -0.1) is 10.2 Å². The van der Waals surface area contributed by atoms with Crippen molar-refractivity contribution in [2.24, 2.45) is 5.10 Å². The van der Waals surface area contributed by atoms with Crippen LogP contribution in [0.25, 0.3) is 0 Å². The molecule has 1 heterocycles. The first-order valence-corrected chi connectivity index (χ1v) is 8.48. The van der Waals surface area contributed by atoms with E-state index >= 15 is 0 Å². The summed E-state index contributed by atoms with van der Waals surface area (Å²) >= 11 is 1.46. The highest BCUT2D eigenvalue weighted by Crippen LogP contribution is 2.16. The van der Waals surface area contributed by atoms with Gasteiger partial charge in [-0.2, -0.15) is 9.78 Å². The van der Waals surface area contributed by atoms with Gasteiger partial charge in [-0.05, 0) is 48.2 Å². The number of nitrogens with zero attached hydrogens (tertiary/aromatic N) is 4. The molecule has 0 fully saturated rings. The Hall–Kier alpha value is -2.80. The van der Waals surface area contributed by atoms with Crippen LogP contribution in [0, 0.1) is 0 Å². The highest BCUT2D eigenvalue weighted by atomic mass is 32.2. The quantitative estimate of drug-likeness (QED) is 0.551. The summed E-state index contributed by atoms with van der Waals surface area (Å²) in [6.07, 6.45) is 3.60. The minimum Gasteiger partial charge on any atom is -0.508 e. The minimum atomic E-state index is 0.221. The molecule has 0 unspecified atom stereocenters. The Morgan fingerprint density at radius 1 is 1.12 bits per heavy atom. The zero-order chi connectivity index (χ0) is 16.8. The van der Waals surface area contributed by atoms with Crippen LogP contribution in [-0.2, 0) is 6.61 Å². The Morgan fingerprint density at radius 3 is 2.58 bits per heavy atom. The van der Waals surface area contributed by atoms with E-state index in [0.29, 0.717) is 11.0 Å². The molecule has 0 radical (unpaired) electrons. The van der Waals surface area contributed by atoms with E-state index in [4.69, 9.17) is 4.74 Å². The third-order valence-corrected chi connectivity index (χ3v) is 3.81. The van der Waals surface area contributed by atoms with Crippen molar-refractivity contribution in [2.75, 3.05) is 6.26 Å². The third-order valence-electron chi connectivity index (χ3n) is 3.19. The number of rotatable bonds is 6. The Kier molecular flexibility index (Phi) is 5.12. The van der Waals surface area contributed by atoms with Crippen molar-refractivity contribution in [2.45, 2.75) is 11.8 Å². The van der Waals surface area contributed by atoms with E-state index in [-0.39, 0.29) is 12.4 Å². The topological polar surface area (TPSA) is 72.5 Å². The fourth-order valence-electron chi connectivity index (χ4n) is 1.98. The molecule has 0 saturated carbocycles. The summed E-state index contributed by atoms with van der Waals surface area (Å²) in [6.45, 7) is 0.268. The summed E-state index contributed by atoms with van der Waals surface area (Å²) < 4.78 is 7.37. The Labute approximate surface area is 143 Å². The molecule has 0 spiro atoms. The largest absolute Gasteiger partial charge is 0.508 e. The summed E-state index contributed by atoms with van der Waals surface area (Å²) in [7, 11) is 0. The lowest BCUT2D eigenvalue weighted by Crippen LogP contribution is -2.04. The predicted octanol–water partition coefficient (Wildman–Crippen LogP) is 3.17. The molecule has 1 N–H and O–H groups in total. The second-order valence-electron chi connectivity index (χ2n) is 4.85. The SMILES string of the molecule is CSc1nnc(COc2ccccc2)n1/N=C\c1ccc(O)cc1. The number of phenolic OH excluding ortho intramolecular Hbond substituents is 1. The summed E-state index contributed by atoms with van der Waals surface area (Å²) in [5.74, 6) is 1.59. The molecule has 24 heavy (non-hydrogen) atoms. The second kappa shape index (κ2) is 7.65. The van der Waals surface area contributed by atoms with E-state index in [9.17, 15) is 5.11 Å². The van der Waals surface area contributed by atoms with E-state index in [1.54, 1.807) is 35.2 Å². The van der Waals surface area contributed by atoms with Gasteiger partial charge in [0.15, 0.2) is 5.82 Å². The molecule has 7 heteroatoms. The predicted molar refractivity (Wildman–Crippen MR) is 93.7 cm³/mol. The lowest BCUT2D eigenvalue weighted by atomic mass is 10.2. The first-order chi connectivity index (χ1) is 11.8. The molecule has 1 aromatic heterocycles. The molecule has 0 aliphatic rings.